The topological polar surface area (TPSA) is 61.8 Å². The number of benzene rings is 1. The van der Waals surface area contributed by atoms with E-state index in [9.17, 15) is 9.90 Å². The molecule has 0 aliphatic rings. The summed E-state index contributed by atoms with van der Waals surface area (Å²) in [4.78, 5) is 13.8. The van der Waals surface area contributed by atoms with Gasteiger partial charge < -0.3 is 20.1 Å². The molecule has 5 nitrogen and oxygen atoms in total. The van der Waals surface area contributed by atoms with Gasteiger partial charge in [-0.2, -0.15) is 0 Å². The number of likely N-dealkylation sites (N-methyl/N-ethyl adjacent to an activating group) is 1. The molecule has 0 bridgehead atoms. The van der Waals surface area contributed by atoms with E-state index < -0.39 is 5.60 Å². The first-order valence-corrected chi connectivity index (χ1v) is 6.69. The quantitative estimate of drug-likeness (QED) is 0.871. The maximum absolute atomic E-state index is 12.2. The fourth-order valence-corrected chi connectivity index (χ4v) is 1.89. The van der Waals surface area contributed by atoms with Gasteiger partial charge in [-0.15, -0.1) is 0 Å². The highest BCUT2D eigenvalue weighted by Crippen LogP contribution is 2.25. The molecule has 112 valence electrons. The summed E-state index contributed by atoms with van der Waals surface area (Å²) in [5.41, 5.74) is 0.756. The largest absolute Gasteiger partial charge is 0.495 e. The third-order valence-electron chi connectivity index (χ3n) is 2.85. The zero-order valence-electron chi connectivity index (χ0n) is 12.9. The summed E-state index contributed by atoms with van der Waals surface area (Å²) >= 11 is 0. The Bertz CT molecular complexity index is 467. The van der Waals surface area contributed by atoms with Gasteiger partial charge in [0.25, 0.3) is 0 Å². The van der Waals surface area contributed by atoms with E-state index in [2.05, 4.69) is 5.32 Å². The van der Waals surface area contributed by atoms with Crippen molar-refractivity contribution in [2.45, 2.75) is 33.3 Å². The molecular weight excluding hydrogens is 256 g/mol. The minimum absolute atomic E-state index is 0.253. The Morgan fingerprint density at radius 1 is 1.45 bits per heavy atom. The number of methoxy groups -OCH3 is 1. The van der Waals surface area contributed by atoms with E-state index in [4.69, 9.17) is 4.74 Å². The van der Waals surface area contributed by atoms with E-state index in [1.54, 1.807) is 25.9 Å². The predicted molar refractivity (Wildman–Crippen MR) is 80.3 cm³/mol. The van der Waals surface area contributed by atoms with Crippen LogP contribution in [0.5, 0.6) is 5.75 Å². The van der Waals surface area contributed by atoms with Crippen molar-refractivity contribution in [3.63, 3.8) is 0 Å². The first kappa shape index (κ1) is 16.3. The molecule has 0 aromatic heterocycles. The Kier molecular flexibility index (Phi) is 5.39. The van der Waals surface area contributed by atoms with Crippen LogP contribution in [-0.2, 0) is 0 Å². The van der Waals surface area contributed by atoms with Crippen molar-refractivity contribution >= 4 is 11.7 Å². The van der Waals surface area contributed by atoms with Gasteiger partial charge in [0.05, 0.1) is 24.9 Å². The zero-order valence-corrected chi connectivity index (χ0v) is 12.9. The van der Waals surface area contributed by atoms with Crippen LogP contribution < -0.4 is 10.1 Å². The van der Waals surface area contributed by atoms with Crippen molar-refractivity contribution < 1.29 is 14.6 Å². The van der Waals surface area contributed by atoms with Crippen LogP contribution in [0.15, 0.2) is 18.2 Å². The number of carbonyl (C=O) groups excluding carboxylic acids is 1. The van der Waals surface area contributed by atoms with Crippen LogP contribution in [0.25, 0.3) is 0 Å². The number of rotatable bonds is 5. The first-order valence-electron chi connectivity index (χ1n) is 6.69. The fraction of sp³-hybridized carbons (Fsp3) is 0.533. The summed E-state index contributed by atoms with van der Waals surface area (Å²) in [7, 11) is 1.57. The predicted octanol–water partition coefficient (Wildman–Crippen LogP) is 2.63. The lowest BCUT2D eigenvalue weighted by atomic mass is 10.1. The van der Waals surface area contributed by atoms with Gasteiger partial charge in [-0.3, -0.25) is 0 Å². The number of hydrogen-bond donors (Lipinski definition) is 2. The maximum Gasteiger partial charge on any atom is 0.322 e. The number of aryl methyl sites for hydroxylation is 1. The van der Waals surface area contributed by atoms with Crippen molar-refractivity contribution in [1.29, 1.82) is 0 Å². The van der Waals surface area contributed by atoms with Crippen LogP contribution in [0.1, 0.15) is 26.3 Å². The van der Waals surface area contributed by atoms with Gasteiger partial charge in [-0.25, -0.2) is 4.79 Å². The van der Waals surface area contributed by atoms with Gasteiger partial charge in [-0.05, 0) is 45.4 Å². The van der Waals surface area contributed by atoms with Crippen LogP contribution >= 0.6 is 0 Å². The minimum Gasteiger partial charge on any atom is -0.495 e. The van der Waals surface area contributed by atoms with E-state index in [1.165, 1.54) is 0 Å². The summed E-state index contributed by atoms with van der Waals surface area (Å²) in [6.07, 6.45) is 0. The Morgan fingerprint density at radius 3 is 2.60 bits per heavy atom. The van der Waals surface area contributed by atoms with Crippen LogP contribution in [0.4, 0.5) is 10.5 Å². The van der Waals surface area contributed by atoms with E-state index >= 15 is 0 Å². The van der Waals surface area contributed by atoms with Gasteiger partial charge in [0.2, 0.25) is 0 Å². The molecule has 0 saturated carbocycles. The molecule has 0 saturated heterocycles. The van der Waals surface area contributed by atoms with Crippen molar-refractivity contribution in [2.24, 2.45) is 0 Å². The van der Waals surface area contributed by atoms with E-state index in [0.717, 1.165) is 5.56 Å². The Morgan fingerprint density at radius 2 is 2.10 bits per heavy atom. The highest BCUT2D eigenvalue weighted by molar-refractivity contribution is 5.91. The van der Waals surface area contributed by atoms with Crippen molar-refractivity contribution in [2.75, 3.05) is 25.5 Å². The SMILES string of the molecule is CCN(CC(C)(C)O)C(=O)Nc1ccc(C)cc1OC. The van der Waals surface area contributed by atoms with Gasteiger partial charge >= 0.3 is 6.03 Å². The molecular formula is C15H24N2O3. The molecule has 0 atom stereocenters. The summed E-state index contributed by atoms with van der Waals surface area (Å²) < 4.78 is 5.26. The molecule has 0 spiro atoms. The normalized spacial score (nSPS) is 11.1. The molecule has 1 aromatic carbocycles. The van der Waals surface area contributed by atoms with Gasteiger partial charge in [-0.1, -0.05) is 6.07 Å². The molecule has 1 aromatic rings. The Hall–Kier alpha value is -1.75. The lowest BCUT2D eigenvalue weighted by Crippen LogP contribution is -2.44. The second-order valence-electron chi connectivity index (χ2n) is 5.46. The summed E-state index contributed by atoms with van der Waals surface area (Å²) in [5, 5.41) is 12.6. The lowest BCUT2D eigenvalue weighted by Gasteiger charge is -2.28. The second kappa shape index (κ2) is 6.61. The molecule has 0 heterocycles. The highest BCUT2D eigenvalue weighted by Gasteiger charge is 2.21. The fourth-order valence-electron chi connectivity index (χ4n) is 1.89. The first-order chi connectivity index (χ1) is 9.26. The molecule has 0 unspecified atom stereocenters. The third kappa shape index (κ3) is 4.74. The molecule has 5 heteroatoms. The molecule has 20 heavy (non-hydrogen) atoms. The number of hydrogen-bond acceptors (Lipinski definition) is 3. The summed E-state index contributed by atoms with van der Waals surface area (Å²) in [5.74, 6) is 0.623. The average molecular weight is 280 g/mol. The zero-order chi connectivity index (χ0) is 15.3. The molecule has 0 aliphatic heterocycles. The summed E-state index contributed by atoms with van der Waals surface area (Å²) in [6, 6.07) is 5.33. The molecule has 0 radical (unpaired) electrons. The number of carbonyl (C=O) groups is 1. The average Bonchev–Trinajstić information content (AvgIpc) is 2.36. The van der Waals surface area contributed by atoms with Crippen molar-refractivity contribution in [3.8, 4) is 5.75 Å². The maximum atomic E-state index is 12.2. The monoisotopic (exact) mass is 280 g/mol. The lowest BCUT2D eigenvalue weighted by molar-refractivity contribution is 0.0501. The molecule has 0 fully saturated rings. The van der Waals surface area contributed by atoms with Crippen LogP contribution in [0.3, 0.4) is 0 Å². The van der Waals surface area contributed by atoms with Gasteiger partial charge in [0.15, 0.2) is 0 Å². The van der Waals surface area contributed by atoms with E-state index in [-0.39, 0.29) is 12.6 Å². The standard InChI is InChI=1S/C15H24N2O3/c1-6-17(10-15(3,4)19)14(18)16-12-8-7-11(2)9-13(12)20-5/h7-9,19H,6,10H2,1-5H3,(H,16,18). The van der Waals surface area contributed by atoms with Crippen LogP contribution in [0, 0.1) is 6.92 Å². The Balaban J connectivity index is 2.83. The van der Waals surface area contributed by atoms with E-state index in [0.29, 0.717) is 18.0 Å². The second-order valence-corrected chi connectivity index (χ2v) is 5.46. The highest BCUT2D eigenvalue weighted by atomic mass is 16.5. The van der Waals surface area contributed by atoms with Crippen molar-refractivity contribution in [3.05, 3.63) is 23.8 Å². The van der Waals surface area contributed by atoms with Crippen LogP contribution in [0.2, 0.25) is 0 Å². The molecule has 1 rings (SSSR count). The molecule has 2 N–H and O–H groups in total. The summed E-state index contributed by atoms with van der Waals surface area (Å²) in [6.45, 7) is 7.97. The van der Waals surface area contributed by atoms with Gasteiger partial charge in [0.1, 0.15) is 5.75 Å². The molecule has 2 amide bonds. The van der Waals surface area contributed by atoms with Gasteiger partial charge in [0, 0.05) is 6.54 Å². The number of nitrogens with one attached hydrogen (secondary N) is 1. The van der Waals surface area contributed by atoms with E-state index in [1.807, 2.05) is 32.0 Å². The smallest absolute Gasteiger partial charge is 0.322 e. The number of nitrogens with zero attached hydrogens (tertiary/aromatic N) is 1. The van der Waals surface area contributed by atoms with Crippen LogP contribution in [-0.4, -0.2) is 41.8 Å². The van der Waals surface area contributed by atoms with Crippen molar-refractivity contribution in [1.82, 2.24) is 4.90 Å². The minimum atomic E-state index is -0.926. The Labute approximate surface area is 120 Å². The number of amides is 2. The number of anilines is 1. The number of urea groups is 1. The third-order valence-corrected chi connectivity index (χ3v) is 2.85. The number of aliphatic hydroxyl groups is 1. The molecule has 0 aliphatic carbocycles. The number of ether oxygens (including phenoxy) is 1.